The first kappa shape index (κ1) is 21.3. The van der Waals surface area contributed by atoms with E-state index in [0.717, 1.165) is 66.0 Å². The fourth-order valence-electron chi connectivity index (χ4n) is 5.04. The number of rotatable bonds is 5. The maximum Gasteiger partial charge on any atom is 0.256 e. The van der Waals surface area contributed by atoms with Crippen LogP contribution in [0, 0.1) is 12.4 Å². The van der Waals surface area contributed by atoms with E-state index in [9.17, 15) is 9.18 Å². The molecule has 3 aromatic carbocycles. The Kier molecular flexibility index (Phi) is 5.20. The van der Waals surface area contributed by atoms with E-state index in [-0.39, 0.29) is 11.7 Å². The molecule has 4 aromatic rings. The minimum Gasteiger partial charge on any atom is -0.367 e. The van der Waals surface area contributed by atoms with Gasteiger partial charge in [-0.3, -0.25) is 14.4 Å². The van der Waals surface area contributed by atoms with Gasteiger partial charge in [-0.25, -0.2) is 9.24 Å². The van der Waals surface area contributed by atoms with Crippen molar-refractivity contribution in [2.24, 2.45) is 0 Å². The number of nitrogens with zero attached hydrogens (tertiary/aromatic N) is 5. The van der Waals surface area contributed by atoms with Gasteiger partial charge in [0.15, 0.2) is 5.69 Å². The summed E-state index contributed by atoms with van der Waals surface area (Å²) < 4.78 is 16.3. The van der Waals surface area contributed by atoms with Gasteiger partial charge in [0, 0.05) is 55.6 Å². The Labute approximate surface area is 202 Å². The van der Waals surface area contributed by atoms with Crippen molar-refractivity contribution in [3.8, 4) is 0 Å². The number of nitrogens with one attached hydrogen (secondary N) is 1. The Morgan fingerprint density at radius 2 is 1.89 bits per heavy atom. The van der Waals surface area contributed by atoms with Gasteiger partial charge in [-0.05, 0) is 41.3 Å². The molecule has 7 nitrogen and oxygen atoms in total. The Bertz CT molecular complexity index is 1500. The zero-order valence-electron chi connectivity index (χ0n) is 19.0. The van der Waals surface area contributed by atoms with Crippen molar-refractivity contribution in [3.05, 3.63) is 94.8 Å². The summed E-state index contributed by atoms with van der Waals surface area (Å²) in [6.45, 7) is 11.5. The Hall–Kier alpha value is -4.22. The molecule has 1 saturated heterocycles. The lowest BCUT2D eigenvalue weighted by molar-refractivity contribution is 0.103. The second-order valence-electron chi connectivity index (χ2n) is 8.97. The van der Waals surface area contributed by atoms with E-state index < -0.39 is 0 Å². The molecule has 8 heteroatoms. The molecule has 2 aliphatic rings. The van der Waals surface area contributed by atoms with Crippen LogP contribution in [0.25, 0.3) is 15.6 Å². The van der Waals surface area contributed by atoms with Crippen LogP contribution in [0.4, 0.5) is 21.5 Å². The first-order valence-corrected chi connectivity index (χ1v) is 11.6. The Balaban J connectivity index is 1.11. The van der Waals surface area contributed by atoms with Crippen LogP contribution in [-0.2, 0) is 13.1 Å². The average Bonchev–Trinajstić information content (AvgIpc) is 3.46. The number of hydrogen-bond donors (Lipinski definition) is 1. The lowest BCUT2D eigenvalue weighted by Crippen LogP contribution is -2.46. The van der Waals surface area contributed by atoms with E-state index >= 15 is 0 Å². The van der Waals surface area contributed by atoms with Crippen molar-refractivity contribution < 1.29 is 9.18 Å². The highest BCUT2D eigenvalue weighted by atomic mass is 19.1. The van der Waals surface area contributed by atoms with Crippen LogP contribution in [-0.4, -0.2) is 46.8 Å². The molecule has 1 amide bonds. The third kappa shape index (κ3) is 3.90. The molecule has 35 heavy (non-hydrogen) atoms. The molecular formula is C27H23FN6O. The lowest BCUT2D eigenvalue weighted by atomic mass is 10.0. The third-order valence-corrected chi connectivity index (χ3v) is 6.81. The number of amides is 1. The summed E-state index contributed by atoms with van der Waals surface area (Å²) in [6, 6.07) is 16.6. The fourth-order valence-corrected chi connectivity index (χ4v) is 5.04. The van der Waals surface area contributed by atoms with Crippen LogP contribution < -0.4 is 10.2 Å². The van der Waals surface area contributed by atoms with E-state index in [0.29, 0.717) is 17.9 Å². The number of aromatic nitrogens is 2. The van der Waals surface area contributed by atoms with E-state index in [1.165, 1.54) is 6.07 Å². The molecule has 1 N–H and O–H groups in total. The van der Waals surface area contributed by atoms with Gasteiger partial charge in [-0.1, -0.05) is 24.3 Å². The first-order chi connectivity index (χ1) is 17.1. The van der Waals surface area contributed by atoms with Crippen LogP contribution in [0.3, 0.4) is 0 Å². The van der Waals surface area contributed by atoms with Gasteiger partial charge in [0.25, 0.3) is 5.91 Å². The van der Waals surface area contributed by atoms with E-state index in [1.807, 2.05) is 40.0 Å². The van der Waals surface area contributed by atoms with Gasteiger partial charge in [-0.15, -0.1) is 0 Å². The van der Waals surface area contributed by atoms with Gasteiger partial charge < -0.3 is 10.2 Å². The summed E-state index contributed by atoms with van der Waals surface area (Å²) in [7, 11) is 0. The molecule has 1 fully saturated rings. The van der Waals surface area contributed by atoms with Gasteiger partial charge in [0.05, 0.1) is 24.5 Å². The molecule has 0 unspecified atom stereocenters. The molecular weight excluding hydrogens is 443 g/mol. The van der Waals surface area contributed by atoms with Crippen LogP contribution in [0.15, 0.2) is 60.8 Å². The number of carbonyl (C=O) groups is 1. The smallest absolute Gasteiger partial charge is 0.256 e. The molecule has 0 radical (unpaired) electrons. The molecule has 1 aromatic heterocycles. The van der Waals surface area contributed by atoms with Crippen LogP contribution in [0.1, 0.15) is 21.6 Å². The van der Waals surface area contributed by atoms with Crippen molar-refractivity contribution in [1.29, 1.82) is 0 Å². The summed E-state index contributed by atoms with van der Waals surface area (Å²) in [4.78, 5) is 19.8. The molecule has 0 saturated carbocycles. The van der Waals surface area contributed by atoms with Crippen molar-refractivity contribution in [2.75, 3.05) is 36.4 Å². The second-order valence-corrected chi connectivity index (χ2v) is 8.97. The SMILES string of the molecule is [C-]#[N+]c1ccc(N2CCN(Cc3ccn(Cc4ccc5c6c(cccc46)C(=O)N5)n3)CC2)c(F)c1. The monoisotopic (exact) mass is 466 g/mol. The van der Waals surface area contributed by atoms with Gasteiger partial charge in [0.2, 0.25) is 0 Å². The normalized spacial score (nSPS) is 15.4. The second kappa shape index (κ2) is 8.53. The van der Waals surface area contributed by atoms with Crippen LogP contribution in [0.2, 0.25) is 0 Å². The van der Waals surface area contributed by atoms with E-state index in [4.69, 9.17) is 11.7 Å². The highest BCUT2D eigenvalue weighted by Gasteiger charge is 2.23. The van der Waals surface area contributed by atoms with Crippen molar-refractivity contribution >= 4 is 33.7 Å². The zero-order chi connectivity index (χ0) is 23.9. The van der Waals surface area contributed by atoms with Gasteiger partial charge >= 0.3 is 0 Å². The minimum absolute atomic E-state index is 0.0488. The summed E-state index contributed by atoms with van der Waals surface area (Å²) in [5.41, 5.74) is 4.59. The van der Waals surface area contributed by atoms with Crippen molar-refractivity contribution in [3.63, 3.8) is 0 Å². The summed E-state index contributed by atoms with van der Waals surface area (Å²) in [5.74, 6) is -0.388. The molecule has 3 heterocycles. The lowest BCUT2D eigenvalue weighted by Gasteiger charge is -2.36. The molecule has 6 rings (SSSR count). The highest BCUT2D eigenvalue weighted by Crippen LogP contribution is 2.35. The van der Waals surface area contributed by atoms with E-state index in [1.54, 1.807) is 12.1 Å². The van der Waals surface area contributed by atoms with Gasteiger partial charge in [0.1, 0.15) is 5.82 Å². The maximum atomic E-state index is 14.4. The van der Waals surface area contributed by atoms with Crippen LogP contribution >= 0.6 is 0 Å². The molecule has 0 spiro atoms. The zero-order valence-corrected chi connectivity index (χ0v) is 19.0. The fraction of sp³-hybridized carbons (Fsp3) is 0.222. The molecule has 0 aliphatic carbocycles. The average molecular weight is 467 g/mol. The molecule has 0 atom stereocenters. The number of carbonyl (C=O) groups excluding carboxylic acids is 1. The Morgan fingerprint density at radius 1 is 1.03 bits per heavy atom. The molecule has 0 bridgehead atoms. The first-order valence-electron chi connectivity index (χ1n) is 11.6. The summed E-state index contributed by atoms with van der Waals surface area (Å²) >= 11 is 0. The van der Waals surface area contributed by atoms with Crippen molar-refractivity contribution in [1.82, 2.24) is 14.7 Å². The number of hydrogen-bond acceptors (Lipinski definition) is 4. The standard InChI is InChI=1S/C27H23FN6O/c1-29-19-6-8-25(23(28)15-19)33-13-11-32(12-14-33)17-20-9-10-34(31-20)16-18-5-7-24-26-21(18)3-2-4-22(26)27(35)30-24/h2-10,15H,11-14,16-17H2,(H,30,35). The quantitative estimate of drug-likeness (QED) is 0.435. The highest BCUT2D eigenvalue weighted by molar-refractivity contribution is 6.24. The summed E-state index contributed by atoms with van der Waals surface area (Å²) in [6.07, 6.45) is 1.99. The van der Waals surface area contributed by atoms with E-state index in [2.05, 4.69) is 27.2 Å². The Morgan fingerprint density at radius 3 is 2.69 bits per heavy atom. The predicted octanol–water partition coefficient (Wildman–Crippen LogP) is 4.66. The molecule has 174 valence electrons. The number of benzene rings is 3. The number of halogens is 1. The molecule has 2 aliphatic heterocycles. The number of anilines is 2. The van der Waals surface area contributed by atoms with Gasteiger partial charge in [-0.2, -0.15) is 5.10 Å². The largest absolute Gasteiger partial charge is 0.367 e. The number of piperazine rings is 1. The van der Waals surface area contributed by atoms with Crippen LogP contribution in [0.5, 0.6) is 0 Å². The maximum absolute atomic E-state index is 14.4. The third-order valence-electron chi connectivity index (χ3n) is 6.81. The topological polar surface area (TPSA) is 57.8 Å². The van der Waals surface area contributed by atoms with Crippen molar-refractivity contribution in [2.45, 2.75) is 13.1 Å². The predicted molar refractivity (Wildman–Crippen MR) is 133 cm³/mol. The summed E-state index contributed by atoms with van der Waals surface area (Å²) in [5, 5.41) is 9.77. The minimum atomic E-state index is -0.339.